The normalized spacial score (nSPS) is 15.1. The smallest absolute Gasteiger partial charge is 0.253 e. The Morgan fingerprint density at radius 1 is 1.04 bits per heavy atom. The number of fused-ring (bicyclic) bond motifs is 1. The summed E-state index contributed by atoms with van der Waals surface area (Å²) in [6.45, 7) is 2.85. The number of rotatable bonds is 2. The van der Waals surface area contributed by atoms with Gasteiger partial charge in [-0.25, -0.2) is 9.97 Å². The number of carbonyl (C=O) groups excluding carboxylic acids is 1. The average molecular weight is 308 g/mol. The summed E-state index contributed by atoms with van der Waals surface area (Å²) in [5, 5.41) is 7.79. The van der Waals surface area contributed by atoms with Crippen LogP contribution in [-0.2, 0) is 0 Å². The minimum absolute atomic E-state index is 0.0846. The summed E-state index contributed by atoms with van der Waals surface area (Å²) in [5.41, 5.74) is 1.47. The Balaban J connectivity index is 1.49. The lowest BCUT2D eigenvalue weighted by atomic mass is 10.2. The second-order valence-electron chi connectivity index (χ2n) is 5.47. The second-order valence-corrected chi connectivity index (χ2v) is 5.47. The number of anilines is 1. The molecule has 2 aromatic heterocycles. The predicted octanol–water partition coefficient (Wildman–Crippen LogP) is 1.32. The van der Waals surface area contributed by atoms with Crippen LogP contribution >= 0.6 is 0 Å². The van der Waals surface area contributed by atoms with Gasteiger partial charge in [0.15, 0.2) is 5.65 Å². The lowest BCUT2D eigenvalue weighted by Gasteiger charge is -2.35. The average Bonchev–Trinajstić information content (AvgIpc) is 3.11. The van der Waals surface area contributed by atoms with E-state index in [1.54, 1.807) is 6.20 Å². The highest BCUT2D eigenvalue weighted by Gasteiger charge is 2.24. The minimum atomic E-state index is 0.0846. The number of hydrogen-bond acceptors (Lipinski definition) is 5. The molecular weight excluding hydrogens is 292 g/mol. The Hall–Kier alpha value is -2.96. The fraction of sp³-hybridized carbons (Fsp3) is 0.250. The second kappa shape index (κ2) is 5.68. The molecule has 116 valence electrons. The van der Waals surface area contributed by atoms with E-state index in [9.17, 15) is 4.79 Å². The maximum atomic E-state index is 12.5. The number of nitrogens with zero attached hydrogens (tertiary/aromatic N) is 5. The molecule has 1 aromatic carbocycles. The molecule has 0 bridgehead atoms. The summed E-state index contributed by atoms with van der Waals surface area (Å²) < 4.78 is 0. The van der Waals surface area contributed by atoms with Gasteiger partial charge >= 0.3 is 0 Å². The van der Waals surface area contributed by atoms with Crippen molar-refractivity contribution in [3.8, 4) is 0 Å². The van der Waals surface area contributed by atoms with E-state index in [1.807, 2.05) is 35.2 Å². The van der Waals surface area contributed by atoms with E-state index >= 15 is 0 Å². The fourth-order valence-corrected chi connectivity index (χ4v) is 2.89. The van der Waals surface area contributed by atoms with Crippen LogP contribution in [-0.4, -0.2) is 57.2 Å². The Labute approximate surface area is 133 Å². The van der Waals surface area contributed by atoms with Crippen molar-refractivity contribution in [3.05, 3.63) is 48.4 Å². The van der Waals surface area contributed by atoms with Gasteiger partial charge in [0.1, 0.15) is 12.1 Å². The van der Waals surface area contributed by atoms with Crippen molar-refractivity contribution in [2.24, 2.45) is 0 Å². The van der Waals surface area contributed by atoms with Gasteiger partial charge in [-0.05, 0) is 12.1 Å². The number of piperazine rings is 1. The predicted molar refractivity (Wildman–Crippen MR) is 86.2 cm³/mol. The molecule has 0 radical (unpaired) electrons. The lowest BCUT2D eigenvalue weighted by Crippen LogP contribution is -2.49. The summed E-state index contributed by atoms with van der Waals surface area (Å²) >= 11 is 0. The molecule has 4 rings (SSSR count). The quantitative estimate of drug-likeness (QED) is 0.772. The van der Waals surface area contributed by atoms with Gasteiger partial charge in [-0.2, -0.15) is 5.10 Å². The highest BCUT2D eigenvalue weighted by molar-refractivity contribution is 5.94. The summed E-state index contributed by atoms with van der Waals surface area (Å²) in [6, 6.07) is 9.41. The monoisotopic (exact) mass is 308 g/mol. The maximum absolute atomic E-state index is 12.5. The standard InChI is InChI=1S/C16H16N6O/c23-16(12-4-2-1-3-5-12)22-8-6-21(7-9-22)15-13-10-19-20-14(13)17-11-18-15/h1-5,10-11H,6-9H2,(H,17,18,19,20). The van der Waals surface area contributed by atoms with E-state index in [1.165, 1.54) is 6.33 Å². The van der Waals surface area contributed by atoms with E-state index in [2.05, 4.69) is 25.1 Å². The van der Waals surface area contributed by atoms with Crippen LogP contribution in [0.25, 0.3) is 11.0 Å². The summed E-state index contributed by atoms with van der Waals surface area (Å²) in [4.78, 5) is 25.1. The van der Waals surface area contributed by atoms with Crippen LogP contribution < -0.4 is 4.90 Å². The Morgan fingerprint density at radius 3 is 2.61 bits per heavy atom. The fourth-order valence-electron chi connectivity index (χ4n) is 2.89. The SMILES string of the molecule is O=C(c1ccccc1)N1CCN(c2ncnc3[nH]ncc23)CC1. The first kappa shape index (κ1) is 13.7. The molecule has 0 saturated carbocycles. The number of H-pyrrole nitrogens is 1. The Morgan fingerprint density at radius 2 is 1.83 bits per heavy atom. The Bertz CT molecular complexity index is 823. The van der Waals surface area contributed by atoms with Gasteiger partial charge in [0.05, 0.1) is 11.6 Å². The van der Waals surface area contributed by atoms with Crippen molar-refractivity contribution < 1.29 is 4.79 Å². The third-order valence-electron chi connectivity index (χ3n) is 4.11. The zero-order valence-electron chi connectivity index (χ0n) is 12.5. The minimum Gasteiger partial charge on any atom is -0.352 e. The molecule has 1 amide bonds. The van der Waals surface area contributed by atoms with Gasteiger partial charge < -0.3 is 9.80 Å². The van der Waals surface area contributed by atoms with Gasteiger partial charge in [0.25, 0.3) is 5.91 Å². The highest BCUT2D eigenvalue weighted by Crippen LogP contribution is 2.22. The summed E-state index contributed by atoms with van der Waals surface area (Å²) in [7, 11) is 0. The molecule has 1 fully saturated rings. The number of carbonyl (C=O) groups is 1. The topological polar surface area (TPSA) is 78.0 Å². The zero-order valence-corrected chi connectivity index (χ0v) is 12.5. The molecule has 0 unspecified atom stereocenters. The third-order valence-corrected chi connectivity index (χ3v) is 4.11. The number of amides is 1. The molecule has 1 N–H and O–H groups in total. The number of aromatic amines is 1. The van der Waals surface area contributed by atoms with E-state index in [0.717, 1.165) is 35.5 Å². The molecule has 3 aromatic rings. The van der Waals surface area contributed by atoms with Crippen LogP contribution in [0.15, 0.2) is 42.9 Å². The molecular formula is C16H16N6O. The van der Waals surface area contributed by atoms with Crippen molar-refractivity contribution in [1.82, 2.24) is 25.1 Å². The lowest BCUT2D eigenvalue weighted by molar-refractivity contribution is 0.0746. The maximum Gasteiger partial charge on any atom is 0.253 e. The molecule has 0 aliphatic carbocycles. The van der Waals surface area contributed by atoms with Crippen molar-refractivity contribution >= 4 is 22.8 Å². The molecule has 1 aliphatic rings. The van der Waals surface area contributed by atoms with E-state index in [-0.39, 0.29) is 5.91 Å². The number of nitrogens with one attached hydrogen (secondary N) is 1. The van der Waals surface area contributed by atoms with Crippen LogP contribution in [0.4, 0.5) is 5.82 Å². The summed E-state index contributed by atoms with van der Waals surface area (Å²) in [5.74, 6) is 0.956. The first-order valence-electron chi connectivity index (χ1n) is 7.56. The van der Waals surface area contributed by atoms with Gasteiger partial charge in [0.2, 0.25) is 0 Å². The molecule has 0 spiro atoms. The van der Waals surface area contributed by atoms with E-state index in [4.69, 9.17) is 0 Å². The summed E-state index contributed by atoms with van der Waals surface area (Å²) in [6.07, 6.45) is 3.28. The van der Waals surface area contributed by atoms with Crippen LogP contribution in [0.5, 0.6) is 0 Å². The van der Waals surface area contributed by atoms with E-state index < -0.39 is 0 Å². The molecule has 1 aliphatic heterocycles. The van der Waals surface area contributed by atoms with Crippen LogP contribution in [0.1, 0.15) is 10.4 Å². The van der Waals surface area contributed by atoms with Crippen LogP contribution in [0, 0.1) is 0 Å². The highest BCUT2D eigenvalue weighted by atomic mass is 16.2. The van der Waals surface area contributed by atoms with Crippen molar-refractivity contribution in [2.75, 3.05) is 31.1 Å². The number of benzene rings is 1. The third kappa shape index (κ3) is 2.50. The molecule has 1 saturated heterocycles. The Kier molecular flexibility index (Phi) is 3.38. The number of aromatic nitrogens is 4. The van der Waals surface area contributed by atoms with Gasteiger partial charge in [-0.3, -0.25) is 9.89 Å². The number of hydrogen-bond donors (Lipinski definition) is 1. The molecule has 3 heterocycles. The van der Waals surface area contributed by atoms with Crippen molar-refractivity contribution in [1.29, 1.82) is 0 Å². The molecule has 23 heavy (non-hydrogen) atoms. The molecule has 7 heteroatoms. The van der Waals surface area contributed by atoms with Gasteiger partial charge in [0, 0.05) is 31.7 Å². The van der Waals surface area contributed by atoms with Crippen LogP contribution in [0.2, 0.25) is 0 Å². The van der Waals surface area contributed by atoms with Gasteiger partial charge in [-0.15, -0.1) is 0 Å². The molecule has 7 nitrogen and oxygen atoms in total. The van der Waals surface area contributed by atoms with E-state index in [0.29, 0.717) is 13.1 Å². The first-order chi connectivity index (χ1) is 11.3. The van der Waals surface area contributed by atoms with Gasteiger partial charge in [-0.1, -0.05) is 18.2 Å². The first-order valence-corrected chi connectivity index (χ1v) is 7.56. The largest absolute Gasteiger partial charge is 0.352 e. The molecule has 0 atom stereocenters. The van der Waals surface area contributed by atoms with Crippen LogP contribution in [0.3, 0.4) is 0 Å². The van der Waals surface area contributed by atoms with Crippen molar-refractivity contribution in [3.63, 3.8) is 0 Å². The zero-order chi connectivity index (χ0) is 15.6. The van der Waals surface area contributed by atoms with Crippen molar-refractivity contribution in [2.45, 2.75) is 0 Å².